The van der Waals surface area contributed by atoms with Gasteiger partial charge in [-0.05, 0) is 37.8 Å². The largest absolute Gasteiger partial charge is 0.339 e. The second-order valence-electron chi connectivity index (χ2n) is 6.28. The van der Waals surface area contributed by atoms with Crippen LogP contribution in [0.2, 0.25) is 0 Å². The first-order valence-corrected chi connectivity index (χ1v) is 8.04. The first kappa shape index (κ1) is 13.5. The molecule has 2 aromatic rings. The second-order valence-corrected chi connectivity index (χ2v) is 6.28. The fourth-order valence-electron chi connectivity index (χ4n) is 3.02. The molecule has 5 heteroatoms. The molecule has 1 aromatic carbocycles. The number of benzene rings is 1. The van der Waals surface area contributed by atoms with Gasteiger partial charge in [-0.15, -0.1) is 0 Å². The van der Waals surface area contributed by atoms with Gasteiger partial charge in [0.25, 0.3) is 0 Å². The van der Waals surface area contributed by atoms with Gasteiger partial charge in [0.1, 0.15) is 0 Å². The van der Waals surface area contributed by atoms with E-state index < -0.39 is 0 Å². The highest BCUT2D eigenvalue weighted by molar-refractivity contribution is 5.93. The van der Waals surface area contributed by atoms with Gasteiger partial charge in [-0.3, -0.25) is 4.79 Å². The summed E-state index contributed by atoms with van der Waals surface area (Å²) in [4.78, 5) is 16.7. The first-order chi connectivity index (χ1) is 10.8. The van der Waals surface area contributed by atoms with Crippen LogP contribution in [-0.2, 0) is 4.79 Å². The van der Waals surface area contributed by atoms with Gasteiger partial charge >= 0.3 is 0 Å². The average Bonchev–Trinajstić information content (AvgIpc) is 3.06. The SMILES string of the molecule is O=C(Nc1cccc(-c2noc(C3CC3)n2)c1)C1CCCC1. The van der Waals surface area contributed by atoms with Gasteiger partial charge < -0.3 is 9.84 Å². The Kier molecular flexibility index (Phi) is 3.41. The highest BCUT2D eigenvalue weighted by Crippen LogP contribution is 2.39. The number of carbonyl (C=O) groups excluding carboxylic acids is 1. The Hall–Kier alpha value is -2.17. The number of carbonyl (C=O) groups is 1. The molecular formula is C17H19N3O2. The molecule has 0 atom stereocenters. The Balaban J connectivity index is 1.50. The zero-order valence-electron chi connectivity index (χ0n) is 12.4. The molecule has 2 saturated carbocycles. The van der Waals surface area contributed by atoms with Gasteiger partial charge in [0.15, 0.2) is 0 Å². The Labute approximate surface area is 129 Å². The van der Waals surface area contributed by atoms with Gasteiger partial charge in [-0.1, -0.05) is 30.1 Å². The van der Waals surface area contributed by atoms with E-state index in [2.05, 4.69) is 15.5 Å². The summed E-state index contributed by atoms with van der Waals surface area (Å²) in [7, 11) is 0. The van der Waals surface area contributed by atoms with Crippen molar-refractivity contribution in [2.24, 2.45) is 5.92 Å². The number of hydrogen-bond donors (Lipinski definition) is 1. The predicted molar refractivity (Wildman–Crippen MR) is 82.3 cm³/mol. The van der Waals surface area contributed by atoms with Crippen molar-refractivity contribution in [1.29, 1.82) is 0 Å². The minimum Gasteiger partial charge on any atom is -0.339 e. The molecule has 1 heterocycles. The van der Waals surface area contributed by atoms with E-state index in [1.807, 2.05) is 24.3 Å². The maximum absolute atomic E-state index is 12.2. The van der Waals surface area contributed by atoms with Crippen LogP contribution in [0.4, 0.5) is 5.69 Å². The molecule has 1 amide bonds. The van der Waals surface area contributed by atoms with E-state index in [4.69, 9.17) is 4.52 Å². The van der Waals surface area contributed by atoms with Crippen molar-refractivity contribution < 1.29 is 9.32 Å². The van der Waals surface area contributed by atoms with Gasteiger partial charge in [0.2, 0.25) is 17.6 Å². The number of anilines is 1. The Morgan fingerprint density at radius 3 is 2.77 bits per heavy atom. The van der Waals surface area contributed by atoms with E-state index in [0.717, 1.165) is 55.7 Å². The number of amides is 1. The number of nitrogens with zero attached hydrogens (tertiary/aromatic N) is 2. The summed E-state index contributed by atoms with van der Waals surface area (Å²) in [6, 6.07) is 7.66. The Morgan fingerprint density at radius 1 is 1.18 bits per heavy atom. The predicted octanol–water partition coefficient (Wildman–Crippen LogP) is 3.74. The van der Waals surface area contributed by atoms with E-state index >= 15 is 0 Å². The van der Waals surface area contributed by atoms with Crippen LogP contribution in [0.15, 0.2) is 28.8 Å². The number of nitrogens with one attached hydrogen (secondary N) is 1. The van der Waals surface area contributed by atoms with Gasteiger partial charge in [0, 0.05) is 23.1 Å². The topological polar surface area (TPSA) is 68.0 Å². The maximum atomic E-state index is 12.2. The van der Waals surface area contributed by atoms with Crippen LogP contribution >= 0.6 is 0 Å². The van der Waals surface area contributed by atoms with Crippen molar-refractivity contribution in [3.05, 3.63) is 30.2 Å². The highest BCUT2D eigenvalue weighted by Gasteiger charge is 2.29. The van der Waals surface area contributed by atoms with E-state index in [-0.39, 0.29) is 11.8 Å². The molecule has 2 aliphatic rings. The van der Waals surface area contributed by atoms with E-state index in [1.165, 1.54) is 0 Å². The van der Waals surface area contributed by atoms with Crippen LogP contribution in [0, 0.1) is 5.92 Å². The van der Waals surface area contributed by atoms with Crippen molar-refractivity contribution in [3.8, 4) is 11.4 Å². The third-order valence-electron chi connectivity index (χ3n) is 4.48. The molecule has 0 unspecified atom stereocenters. The molecule has 1 aromatic heterocycles. The number of aromatic nitrogens is 2. The average molecular weight is 297 g/mol. The summed E-state index contributed by atoms with van der Waals surface area (Å²) in [5, 5.41) is 7.06. The van der Waals surface area contributed by atoms with Gasteiger partial charge in [-0.25, -0.2) is 0 Å². The molecule has 0 spiro atoms. The molecule has 0 bridgehead atoms. The normalized spacial score (nSPS) is 18.5. The molecule has 4 rings (SSSR count). The minimum atomic E-state index is 0.126. The molecule has 1 N–H and O–H groups in total. The van der Waals surface area contributed by atoms with Crippen molar-refractivity contribution in [3.63, 3.8) is 0 Å². The second kappa shape index (κ2) is 5.55. The first-order valence-electron chi connectivity index (χ1n) is 8.04. The third-order valence-corrected chi connectivity index (χ3v) is 4.48. The summed E-state index contributed by atoms with van der Waals surface area (Å²) in [5.41, 5.74) is 1.67. The van der Waals surface area contributed by atoms with Crippen LogP contribution in [0.1, 0.15) is 50.3 Å². The number of rotatable bonds is 4. The molecule has 5 nitrogen and oxygen atoms in total. The van der Waals surface area contributed by atoms with Gasteiger partial charge in [-0.2, -0.15) is 4.98 Å². The lowest BCUT2D eigenvalue weighted by molar-refractivity contribution is -0.119. The number of hydrogen-bond acceptors (Lipinski definition) is 4. The molecule has 22 heavy (non-hydrogen) atoms. The summed E-state index contributed by atoms with van der Waals surface area (Å²) in [5.74, 6) is 2.07. The van der Waals surface area contributed by atoms with Crippen LogP contribution < -0.4 is 5.32 Å². The molecule has 0 saturated heterocycles. The van der Waals surface area contributed by atoms with Crippen molar-refractivity contribution >= 4 is 11.6 Å². The molecule has 0 radical (unpaired) electrons. The molecular weight excluding hydrogens is 278 g/mol. The molecule has 0 aliphatic heterocycles. The quantitative estimate of drug-likeness (QED) is 0.933. The summed E-state index contributed by atoms with van der Waals surface area (Å²) >= 11 is 0. The Bertz CT molecular complexity index is 685. The van der Waals surface area contributed by atoms with Crippen LogP contribution in [0.3, 0.4) is 0 Å². The monoisotopic (exact) mass is 297 g/mol. The maximum Gasteiger partial charge on any atom is 0.230 e. The lowest BCUT2D eigenvalue weighted by atomic mass is 10.1. The van der Waals surface area contributed by atoms with E-state index in [1.54, 1.807) is 0 Å². The van der Waals surface area contributed by atoms with Crippen LogP contribution in [0.5, 0.6) is 0 Å². The van der Waals surface area contributed by atoms with Gasteiger partial charge in [0.05, 0.1) is 0 Å². The molecule has 114 valence electrons. The Morgan fingerprint density at radius 2 is 2.00 bits per heavy atom. The standard InChI is InChI=1S/C17H19N3O2/c21-16(11-4-1-2-5-11)18-14-7-3-6-13(10-14)15-19-17(22-20-15)12-8-9-12/h3,6-7,10-12H,1-2,4-5,8-9H2,(H,18,21). The highest BCUT2D eigenvalue weighted by atomic mass is 16.5. The van der Waals surface area contributed by atoms with Crippen molar-refractivity contribution in [2.75, 3.05) is 5.32 Å². The van der Waals surface area contributed by atoms with Crippen LogP contribution in [0.25, 0.3) is 11.4 Å². The van der Waals surface area contributed by atoms with E-state index in [0.29, 0.717) is 11.7 Å². The van der Waals surface area contributed by atoms with Crippen molar-refractivity contribution in [2.45, 2.75) is 44.4 Å². The minimum absolute atomic E-state index is 0.126. The lowest BCUT2D eigenvalue weighted by Crippen LogP contribution is -2.20. The summed E-state index contributed by atoms with van der Waals surface area (Å²) in [6.45, 7) is 0. The zero-order valence-corrected chi connectivity index (χ0v) is 12.4. The fourth-order valence-corrected chi connectivity index (χ4v) is 3.02. The zero-order chi connectivity index (χ0) is 14.9. The smallest absolute Gasteiger partial charge is 0.230 e. The summed E-state index contributed by atoms with van der Waals surface area (Å²) < 4.78 is 5.30. The molecule has 2 aliphatic carbocycles. The van der Waals surface area contributed by atoms with E-state index in [9.17, 15) is 4.79 Å². The fraction of sp³-hybridized carbons (Fsp3) is 0.471. The summed E-state index contributed by atoms with van der Waals surface area (Å²) in [6.07, 6.45) is 6.59. The third kappa shape index (κ3) is 2.75. The van der Waals surface area contributed by atoms with Crippen LogP contribution in [-0.4, -0.2) is 16.0 Å². The van der Waals surface area contributed by atoms with Crippen molar-refractivity contribution in [1.82, 2.24) is 10.1 Å². The lowest BCUT2D eigenvalue weighted by Gasteiger charge is -2.10. The molecule has 2 fully saturated rings.